The van der Waals surface area contributed by atoms with Gasteiger partial charge in [0.15, 0.2) is 0 Å². The summed E-state index contributed by atoms with van der Waals surface area (Å²) in [6.45, 7) is 9.93. The van der Waals surface area contributed by atoms with E-state index in [1.54, 1.807) is 0 Å². The summed E-state index contributed by atoms with van der Waals surface area (Å²) >= 11 is 0. The summed E-state index contributed by atoms with van der Waals surface area (Å²) in [6.07, 6.45) is 3.46. The third-order valence-electron chi connectivity index (χ3n) is 5.98. The van der Waals surface area contributed by atoms with Crippen LogP contribution in [0.4, 0.5) is 5.82 Å². The first kappa shape index (κ1) is 23.2. The van der Waals surface area contributed by atoms with E-state index in [0.29, 0.717) is 0 Å². The number of pyridine rings is 1. The molecule has 6 heteroatoms. The molecule has 0 aliphatic carbocycles. The van der Waals surface area contributed by atoms with Crippen molar-refractivity contribution in [3.05, 3.63) is 59.8 Å². The van der Waals surface area contributed by atoms with Gasteiger partial charge in [0, 0.05) is 56.9 Å². The highest BCUT2D eigenvalue weighted by Crippen LogP contribution is 2.25. The molecule has 1 fully saturated rings. The number of hydrogen-bond donors (Lipinski definition) is 2. The molecule has 6 nitrogen and oxygen atoms in total. The van der Waals surface area contributed by atoms with Gasteiger partial charge in [-0.3, -0.25) is 4.79 Å². The molecule has 0 atom stereocenters. The topological polar surface area (TPSA) is 74.5 Å². The summed E-state index contributed by atoms with van der Waals surface area (Å²) in [7, 11) is 2.18. The second kappa shape index (κ2) is 10.7. The molecular weight excluding hydrogens is 386 g/mol. The lowest BCUT2D eigenvalue weighted by Gasteiger charge is -2.33. The fraction of sp³-hybridized carbons (Fsp3) is 0.520. The molecule has 3 rings (SSSR count). The number of carbonyl (C=O) groups is 1. The largest absolute Gasteiger partial charge is 0.369 e. The van der Waals surface area contributed by atoms with Crippen LogP contribution in [-0.2, 0) is 17.9 Å². The summed E-state index contributed by atoms with van der Waals surface area (Å²) in [5, 5.41) is 3.65. The molecule has 31 heavy (non-hydrogen) atoms. The Morgan fingerprint density at radius 3 is 2.58 bits per heavy atom. The Hall–Kier alpha value is -2.44. The van der Waals surface area contributed by atoms with Crippen molar-refractivity contribution in [2.45, 2.75) is 39.8 Å². The molecule has 0 bridgehead atoms. The summed E-state index contributed by atoms with van der Waals surface area (Å²) in [5.41, 5.74) is 8.17. The quantitative estimate of drug-likeness (QED) is 0.614. The molecule has 0 saturated carbocycles. The summed E-state index contributed by atoms with van der Waals surface area (Å²) in [5.74, 6) is 0.842. The van der Waals surface area contributed by atoms with Gasteiger partial charge in [0.2, 0.25) is 5.91 Å². The van der Waals surface area contributed by atoms with Crippen LogP contribution in [0.2, 0.25) is 0 Å². The van der Waals surface area contributed by atoms with Gasteiger partial charge in [-0.1, -0.05) is 50.2 Å². The van der Waals surface area contributed by atoms with E-state index in [1.807, 2.05) is 12.3 Å². The van der Waals surface area contributed by atoms with Gasteiger partial charge in [-0.15, -0.1) is 0 Å². The Morgan fingerprint density at radius 2 is 1.90 bits per heavy atom. The van der Waals surface area contributed by atoms with Crippen molar-refractivity contribution in [2.75, 3.05) is 38.1 Å². The molecule has 1 aromatic heterocycles. The predicted octanol–water partition coefficient (Wildman–Crippen LogP) is 3.03. The second-order valence-corrected chi connectivity index (χ2v) is 9.58. The highest BCUT2D eigenvalue weighted by atomic mass is 16.1. The fourth-order valence-electron chi connectivity index (χ4n) is 4.50. The number of nitrogens with one attached hydrogen (secondary N) is 1. The first-order valence-electron chi connectivity index (χ1n) is 11.3. The second-order valence-electron chi connectivity index (χ2n) is 9.58. The highest BCUT2D eigenvalue weighted by Gasteiger charge is 2.25. The molecule has 0 unspecified atom stereocenters. The molecule has 2 heterocycles. The van der Waals surface area contributed by atoms with Crippen molar-refractivity contribution in [1.82, 2.24) is 15.2 Å². The van der Waals surface area contributed by atoms with Crippen LogP contribution in [0.15, 0.2) is 48.7 Å². The number of primary amides is 1. The Morgan fingerprint density at radius 1 is 1.19 bits per heavy atom. The van der Waals surface area contributed by atoms with Crippen molar-refractivity contribution in [3.8, 4) is 0 Å². The summed E-state index contributed by atoms with van der Waals surface area (Å²) in [4.78, 5) is 20.8. The minimum absolute atomic E-state index is 0.00443. The number of nitrogens with two attached hydrogens (primary N) is 1. The van der Waals surface area contributed by atoms with Crippen LogP contribution >= 0.6 is 0 Å². The lowest BCUT2D eigenvalue weighted by molar-refractivity contribution is -0.122. The molecule has 1 aromatic carbocycles. The van der Waals surface area contributed by atoms with Crippen molar-refractivity contribution < 1.29 is 4.79 Å². The predicted molar refractivity (Wildman–Crippen MR) is 127 cm³/mol. The van der Waals surface area contributed by atoms with Gasteiger partial charge in [-0.25, -0.2) is 4.98 Å². The first-order chi connectivity index (χ1) is 14.8. The molecule has 2 aromatic rings. The van der Waals surface area contributed by atoms with Crippen molar-refractivity contribution in [2.24, 2.45) is 17.1 Å². The molecule has 168 valence electrons. The molecular formula is C25H37N5O. The number of nitrogens with zero attached hydrogens (tertiary/aromatic N) is 3. The normalized spacial score (nSPS) is 15.4. The third-order valence-corrected chi connectivity index (χ3v) is 5.98. The average Bonchev–Trinajstić information content (AvgIpc) is 2.74. The van der Waals surface area contributed by atoms with Crippen LogP contribution < -0.4 is 16.0 Å². The van der Waals surface area contributed by atoms with Crippen molar-refractivity contribution in [3.63, 3.8) is 0 Å². The number of rotatable bonds is 10. The van der Waals surface area contributed by atoms with Crippen LogP contribution in [0.25, 0.3) is 0 Å². The van der Waals surface area contributed by atoms with E-state index >= 15 is 0 Å². The summed E-state index contributed by atoms with van der Waals surface area (Å²) < 4.78 is 0. The molecule has 1 aliphatic rings. The molecule has 0 spiro atoms. The van der Waals surface area contributed by atoms with Crippen molar-refractivity contribution >= 4 is 11.7 Å². The Labute approximate surface area is 186 Å². The number of carbonyl (C=O) groups excluding carboxylic acids is 1. The number of piperidine rings is 1. The lowest BCUT2D eigenvalue weighted by Crippen LogP contribution is -2.40. The van der Waals surface area contributed by atoms with E-state index in [4.69, 9.17) is 5.73 Å². The number of benzene rings is 1. The minimum atomic E-state index is -0.179. The van der Waals surface area contributed by atoms with Gasteiger partial charge in [-0.05, 0) is 36.9 Å². The molecule has 1 amide bonds. The van der Waals surface area contributed by atoms with Gasteiger partial charge in [0.25, 0.3) is 0 Å². The van der Waals surface area contributed by atoms with Crippen LogP contribution in [0.1, 0.15) is 37.8 Å². The number of hydrogen-bond acceptors (Lipinski definition) is 5. The first-order valence-corrected chi connectivity index (χ1v) is 11.3. The van der Waals surface area contributed by atoms with Crippen LogP contribution in [0.5, 0.6) is 0 Å². The molecule has 0 radical (unpaired) electrons. The zero-order valence-corrected chi connectivity index (χ0v) is 19.2. The Balaban J connectivity index is 1.50. The van der Waals surface area contributed by atoms with E-state index in [-0.39, 0.29) is 17.2 Å². The van der Waals surface area contributed by atoms with Crippen molar-refractivity contribution in [1.29, 1.82) is 0 Å². The fourth-order valence-corrected chi connectivity index (χ4v) is 4.50. The van der Waals surface area contributed by atoms with Gasteiger partial charge in [-0.2, -0.15) is 0 Å². The van der Waals surface area contributed by atoms with Crippen LogP contribution in [-0.4, -0.2) is 49.0 Å². The van der Waals surface area contributed by atoms with E-state index < -0.39 is 0 Å². The SMILES string of the molecule is CN(Cc1ccccc1)CC(C)(C)CNCc1cccnc1N1CCC(C(N)=O)CC1. The maximum absolute atomic E-state index is 11.5. The zero-order valence-electron chi connectivity index (χ0n) is 19.2. The van der Waals surface area contributed by atoms with E-state index in [9.17, 15) is 4.79 Å². The number of aromatic nitrogens is 1. The van der Waals surface area contributed by atoms with E-state index in [1.165, 1.54) is 11.1 Å². The van der Waals surface area contributed by atoms with Crippen LogP contribution in [0, 0.1) is 11.3 Å². The summed E-state index contributed by atoms with van der Waals surface area (Å²) in [6, 6.07) is 14.7. The monoisotopic (exact) mass is 423 g/mol. The van der Waals surface area contributed by atoms with Gasteiger partial charge < -0.3 is 20.9 Å². The standard InChI is InChI=1S/C25H37N5O/c1-25(2,19-29(3)17-20-8-5-4-6-9-20)18-27-16-22-10-7-13-28-24(22)30-14-11-21(12-15-30)23(26)31/h4-10,13,21,27H,11-12,14-19H2,1-3H3,(H2,26,31). The van der Waals surface area contributed by atoms with Gasteiger partial charge in [0.05, 0.1) is 0 Å². The third kappa shape index (κ3) is 7.04. The smallest absolute Gasteiger partial charge is 0.220 e. The van der Waals surface area contributed by atoms with Gasteiger partial charge >= 0.3 is 0 Å². The highest BCUT2D eigenvalue weighted by molar-refractivity contribution is 5.77. The Bertz CT molecular complexity index is 831. The minimum Gasteiger partial charge on any atom is -0.369 e. The maximum Gasteiger partial charge on any atom is 0.220 e. The number of amides is 1. The molecule has 1 saturated heterocycles. The van der Waals surface area contributed by atoms with Crippen LogP contribution in [0.3, 0.4) is 0 Å². The molecule has 1 aliphatic heterocycles. The van der Waals surface area contributed by atoms with Gasteiger partial charge in [0.1, 0.15) is 5.82 Å². The molecule has 3 N–H and O–H groups in total. The number of anilines is 1. The average molecular weight is 424 g/mol. The van der Waals surface area contributed by atoms with E-state index in [2.05, 4.69) is 77.4 Å². The lowest BCUT2D eigenvalue weighted by atomic mass is 9.92. The maximum atomic E-state index is 11.5. The zero-order chi connectivity index (χ0) is 22.3. The Kier molecular flexibility index (Phi) is 8.04. The van der Waals surface area contributed by atoms with E-state index in [0.717, 1.165) is 57.9 Å².